The van der Waals surface area contributed by atoms with E-state index in [0.29, 0.717) is 17.0 Å². The SMILES string of the molecule is O=C(/C=C\c1ccc([N+](=O)[O-])cc1)NCc1cc(-c2cccs2)on1. The number of hydrogen-bond acceptors (Lipinski definition) is 6. The Morgan fingerprint density at radius 3 is 2.80 bits per heavy atom. The van der Waals surface area contributed by atoms with E-state index >= 15 is 0 Å². The van der Waals surface area contributed by atoms with Gasteiger partial charge in [0.2, 0.25) is 5.91 Å². The molecule has 0 aliphatic heterocycles. The van der Waals surface area contributed by atoms with Gasteiger partial charge >= 0.3 is 0 Å². The van der Waals surface area contributed by atoms with Gasteiger partial charge in [-0.2, -0.15) is 0 Å². The maximum Gasteiger partial charge on any atom is 0.269 e. The van der Waals surface area contributed by atoms with Gasteiger partial charge < -0.3 is 9.84 Å². The van der Waals surface area contributed by atoms with Crippen molar-refractivity contribution in [3.05, 3.63) is 75.3 Å². The monoisotopic (exact) mass is 355 g/mol. The smallest absolute Gasteiger partial charge is 0.269 e. The minimum Gasteiger partial charge on any atom is -0.355 e. The van der Waals surface area contributed by atoms with Crippen LogP contribution in [-0.2, 0) is 11.3 Å². The molecular weight excluding hydrogens is 342 g/mol. The van der Waals surface area contributed by atoms with Gasteiger partial charge in [0.05, 0.1) is 16.3 Å². The van der Waals surface area contributed by atoms with Crippen LogP contribution in [0.5, 0.6) is 0 Å². The Balaban J connectivity index is 1.53. The summed E-state index contributed by atoms with van der Waals surface area (Å²) >= 11 is 1.55. The van der Waals surface area contributed by atoms with E-state index in [1.807, 2.05) is 17.5 Å². The van der Waals surface area contributed by atoms with Crippen molar-refractivity contribution in [3.8, 4) is 10.6 Å². The summed E-state index contributed by atoms with van der Waals surface area (Å²) in [5, 5.41) is 19.2. The molecule has 3 rings (SSSR count). The zero-order chi connectivity index (χ0) is 17.6. The summed E-state index contributed by atoms with van der Waals surface area (Å²) < 4.78 is 5.24. The van der Waals surface area contributed by atoms with Crippen molar-refractivity contribution in [3.63, 3.8) is 0 Å². The minimum absolute atomic E-state index is 0.00850. The number of rotatable bonds is 6. The first kappa shape index (κ1) is 16.6. The van der Waals surface area contributed by atoms with Gasteiger partial charge in [-0.05, 0) is 35.2 Å². The molecule has 0 saturated heterocycles. The molecule has 2 aromatic heterocycles. The van der Waals surface area contributed by atoms with Gasteiger partial charge in [0.25, 0.3) is 5.69 Å². The molecule has 2 heterocycles. The normalized spacial score (nSPS) is 10.9. The average molecular weight is 355 g/mol. The van der Waals surface area contributed by atoms with Crippen molar-refractivity contribution < 1.29 is 14.2 Å². The van der Waals surface area contributed by atoms with Crippen LogP contribution in [0.3, 0.4) is 0 Å². The lowest BCUT2D eigenvalue weighted by Gasteiger charge is -1.98. The summed E-state index contributed by atoms with van der Waals surface area (Å²) in [7, 11) is 0. The Morgan fingerprint density at radius 1 is 1.32 bits per heavy atom. The number of amides is 1. The van der Waals surface area contributed by atoms with E-state index in [0.717, 1.165) is 4.88 Å². The molecule has 0 saturated carbocycles. The van der Waals surface area contributed by atoms with Gasteiger partial charge in [0.15, 0.2) is 5.76 Å². The fraction of sp³-hybridized carbons (Fsp3) is 0.0588. The molecule has 1 amide bonds. The zero-order valence-corrected chi connectivity index (χ0v) is 13.7. The minimum atomic E-state index is -0.470. The lowest BCUT2D eigenvalue weighted by molar-refractivity contribution is -0.384. The second kappa shape index (κ2) is 7.54. The second-order valence-electron chi connectivity index (χ2n) is 5.06. The fourth-order valence-electron chi connectivity index (χ4n) is 2.05. The molecule has 0 unspecified atom stereocenters. The van der Waals surface area contributed by atoms with Crippen LogP contribution in [-0.4, -0.2) is 16.0 Å². The number of thiophene rings is 1. The van der Waals surface area contributed by atoms with Crippen molar-refractivity contribution in [1.82, 2.24) is 10.5 Å². The van der Waals surface area contributed by atoms with Gasteiger partial charge in [0.1, 0.15) is 5.69 Å². The molecule has 1 aromatic carbocycles. The number of carbonyl (C=O) groups is 1. The van der Waals surface area contributed by atoms with Crippen LogP contribution in [0.15, 0.2) is 58.4 Å². The fourth-order valence-corrected chi connectivity index (χ4v) is 2.72. The molecule has 1 N–H and O–H groups in total. The highest BCUT2D eigenvalue weighted by molar-refractivity contribution is 7.13. The number of nitrogens with zero attached hydrogens (tertiary/aromatic N) is 2. The molecule has 126 valence electrons. The molecule has 0 radical (unpaired) electrons. The van der Waals surface area contributed by atoms with Crippen LogP contribution in [0, 0.1) is 10.1 Å². The van der Waals surface area contributed by atoms with Crippen molar-refractivity contribution in [2.45, 2.75) is 6.54 Å². The highest BCUT2D eigenvalue weighted by atomic mass is 32.1. The lowest BCUT2D eigenvalue weighted by Crippen LogP contribution is -2.20. The molecule has 0 bridgehead atoms. The molecule has 8 heteroatoms. The number of nitro groups is 1. The maximum absolute atomic E-state index is 11.8. The van der Waals surface area contributed by atoms with Gasteiger partial charge in [-0.15, -0.1) is 11.3 Å². The molecule has 0 aliphatic carbocycles. The van der Waals surface area contributed by atoms with Crippen molar-refractivity contribution in [1.29, 1.82) is 0 Å². The molecule has 25 heavy (non-hydrogen) atoms. The van der Waals surface area contributed by atoms with Crippen LogP contribution in [0.1, 0.15) is 11.3 Å². The summed E-state index contributed by atoms with van der Waals surface area (Å²) in [5.41, 5.74) is 1.33. The van der Waals surface area contributed by atoms with E-state index < -0.39 is 4.92 Å². The Labute approximate surface area is 146 Å². The average Bonchev–Trinajstić information content (AvgIpc) is 3.29. The summed E-state index contributed by atoms with van der Waals surface area (Å²) in [6.07, 6.45) is 2.94. The van der Waals surface area contributed by atoms with Gasteiger partial charge in [0, 0.05) is 24.3 Å². The largest absolute Gasteiger partial charge is 0.355 e. The van der Waals surface area contributed by atoms with Crippen LogP contribution in [0.4, 0.5) is 5.69 Å². The van der Waals surface area contributed by atoms with Gasteiger partial charge in [-0.3, -0.25) is 14.9 Å². The molecule has 0 fully saturated rings. The van der Waals surface area contributed by atoms with Crippen LogP contribution < -0.4 is 5.32 Å². The van der Waals surface area contributed by atoms with Crippen LogP contribution in [0.25, 0.3) is 16.7 Å². The summed E-state index contributed by atoms with van der Waals surface area (Å²) in [4.78, 5) is 22.9. The van der Waals surface area contributed by atoms with Crippen molar-refractivity contribution in [2.75, 3.05) is 0 Å². The van der Waals surface area contributed by atoms with Crippen molar-refractivity contribution >= 4 is 29.0 Å². The third kappa shape index (κ3) is 4.39. The van der Waals surface area contributed by atoms with Gasteiger partial charge in [-0.1, -0.05) is 11.2 Å². The number of nitro benzene ring substituents is 1. The quantitative estimate of drug-likeness (QED) is 0.413. The Morgan fingerprint density at radius 2 is 2.12 bits per heavy atom. The third-order valence-electron chi connectivity index (χ3n) is 3.30. The number of non-ortho nitro benzene ring substituents is 1. The van der Waals surface area contributed by atoms with Crippen LogP contribution >= 0.6 is 11.3 Å². The van der Waals surface area contributed by atoms with E-state index in [1.54, 1.807) is 35.6 Å². The van der Waals surface area contributed by atoms with E-state index in [4.69, 9.17) is 4.52 Å². The van der Waals surface area contributed by atoms with Gasteiger partial charge in [-0.25, -0.2) is 0 Å². The predicted octanol–water partition coefficient (Wildman–Crippen LogP) is 3.64. The number of nitrogens with one attached hydrogen (secondary N) is 1. The summed E-state index contributed by atoms with van der Waals surface area (Å²) in [6, 6.07) is 11.6. The number of carbonyl (C=O) groups excluding carboxylic acids is 1. The first-order valence-corrected chi connectivity index (χ1v) is 8.19. The topological polar surface area (TPSA) is 98.3 Å². The molecule has 0 aliphatic rings. The highest BCUT2D eigenvalue weighted by Crippen LogP contribution is 2.25. The standard InChI is InChI=1S/C17H13N3O4S/c21-17(8-5-12-3-6-14(7-4-12)20(22)23)18-11-13-10-15(24-19-13)16-2-1-9-25-16/h1-10H,11H2,(H,18,21)/b8-5-. The Hall–Kier alpha value is -3.26. The summed E-state index contributed by atoms with van der Waals surface area (Å²) in [6.45, 7) is 0.248. The predicted molar refractivity (Wildman–Crippen MR) is 93.8 cm³/mol. The van der Waals surface area contributed by atoms with E-state index in [2.05, 4.69) is 10.5 Å². The molecule has 7 nitrogen and oxygen atoms in total. The maximum atomic E-state index is 11.8. The zero-order valence-electron chi connectivity index (χ0n) is 12.9. The molecule has 0 spiro atoms. The summed E-state index contributed by atoms with van der Waals surface area (Å²) in [5.74, 6) is 0.375. The Kier molecular flexibility index (Phi) is 5.00. The van der Waals surface area contributed by atoms with E-state index in [-0.39, 0.29) is 18.1 Å². The first-order chi connectivity index (χ1) is 12.1. The Bertz CT molecular complexity index is 898. The first-order valence-electron chi connectivity index (χ1n) is 7.31. The molecular formula is C17H13N3O4S. The van der Waals surface area contributed by atoms with Crippen molar-refractivity contribution in [2.24, 2.45) is 0 Å². The van der Waals surface area contributed by atoms with E-state index in [1.165, 1.54) is 18.2 Å². The molecule has 0 atom stereocenters. The third-order valence-corrected chi connectivity index (χ3v) is 4.18. The number of aromatic nitrogens is 1. The number of benzene rings is 1. The second-order valence-corrected chi connectivity index (χ2v) is 6.01. The lowest BCUT2D eigenvalue weighted by atomic mass is 10.2. The number of hydrogen-bond donors (Lipinski definition) is 1. The van der Waals surface area contributed by atoms with E-state index in [9.17, 15) is 14.9 Å². The highest BCUT2D eigenvalue weighted by Gasteiger charge is 2.08. The molecule has 3 aromatic rings. The van der Waals surface area contributed by atoms with Crippen LogP contribution in [0.2, 0.25) is 0 Å².